The number of fused-ring (bicyclic) bond motifs is 1. The van der Waals surface area contributed by atoms with E-state index in [1.807, 2.05) is 29.6 Å². The summed E-state index contributed by atoms with van der Waals surface area (Å²) in [6, 6.07) is 5.55. The van der Waals surface area contributed by atoms with Gasteiger partial charge in [0, 0.05) is 18.5 Å². The van der Waals surface area contributed by atoms with Gasteiger partial charge in [-0.2, -0.15) is 5.10 Å². The van der Waals surface area contributed by atoms with Crippen molar-refractivity contribution in [2.75, 3.05) is 25.5 Å². The van der Waals surface area contributed by atoms with Gasteiger partial charge in [0.05, 0.1) is 25.0 Å². The molecule has 3 aromatic rings. The number of hydrogen-bond acceptors (Lipinski definition) is 6. The standard InChI is InChI=1S/C21H25FN6O/c1-12-3-6-18(25-15-10-23-8-7-14(15)22)26-20(12)16-11-24-19-9-17(29-2)21(13-4-5-13)27-28(16)19/h3,6,9,11,13-15,23H,4-5,7-8,10H2,1-2H3,(H,25,26)/t14-,15-/m1/s1. The van der Waals surface area contributed by atoms with Crippen molar-refractivity contribution >= 4 is 11.5 Å². The van der Waals surface area contributed by atoms with Crippen LogP contribution in [0.3, 0.4) is 0 Å². The van der Waals surface area contributed by atoms with Gasteiger partial charge in [0.2, 0.25) is 0 Å². The Hall–Kier alpha value is -2.74. The molecule has 2 atom stereocenters. The van der Waals surface area contributed by atoms with Crippen LogP contribution in [0.25, 0.3) is 17.0 Å². The lowest BCUT2D eigenvalue weighted by atomic mass is 10.1. The van der Waals surface area contributed by atoms with Crippen LogP contribution in [0.5, 0.6) is 5.75 Å². The van der Waals surface area contributed by atoms with Crippen LogP contribution in [0.1, 0.15) is 36.4 Å². The summed E-state index contributed by atoms with van der Waals surface area (Å²) in [5.74, 6) is 1.90. The van der Waals surface area contributed by atoms with Crippen LogP contribution in [0.2, 0.25) is 0 Å². The number of piperidine rings is 1. The normalized spacial score (nSPS) is 22.0. The van der Waals surface area contributed by atoms with Crippen molar-refractivity contribution in [2.24, 2.45) is 0 Å². The molecule has 2 N–H and O–H groups in total. The summed E-state index contributed by atoms with van der Waals surface area (Å²) in [6.45, 7) is 3.32. The highest BCUT2D eigenvalue weighted by atomic mass is 19.1. The molecule has 1 saturated heterocycles. The van der Waals surface area contributed by atoms with E-state index in [1.54, 1.807) is 13.3 Å². The van der Waals surface area contributed by atoms with Gasteiger partial charge in [-0.1, -0.05) is 6.07 Å². The molecule has 1 saturated carbocycles. The number of halogens is 1. The third kappa shape index (κ3) is 3.42. The Morgan fingerprint density at radius 3 is 2.90 bits per heavy atom. The zero-order valence-corrected chi connectivity index (χ0v) is 16.7. The summed E-state index contributed by atoms with van der Waals surface area (Å²) in [7, 11) is 1.67. The van der Waals surface area contributed by atoms with Gasteiger partial charge in [-0.25, -0.2) is 18.9 Å². The maximum atomic E-state index is 14.2. The summed E-state index contributed by atoms with van der Waals surface area (Å²) >= 11 is 0. The molecule has 1 aliphatic heterocycles. The third-order valence-electron chi connectivity index (χ3n) is 5.74. The van der Waals surface area contributed by atoms with E-state index in [2.05, 4.69) is 15.6 Å². The van der Waals surface area contributed by atoms with Gasteiger partial charge in [-0.05, 0) is 44.4 Å². The highest BCUT2D eigenvalue weighted by molar-refractivity contribution is 5.65. The number of aromatic nitrogens is 4. The molecule has 5 rings (SSSR count). The molecule has 152 valence electrons. The number of methoxy groups -OCH3 is 1. The maximum Gasteiger partial charge on any atom is 0.157 e. The number of hydrogen-bond donors (Lipinski definition) is 2. The number of ether oxygens (including phenoxy) is 1. The molecule has 2 fully saturated rings. The summed E-state index contributed by atoms with van der Waals surface area (Å²) in [5.41, 5.74) is 4.33. The van der Waals surface area contributed by atoms with E-state index in [1.165, 1.54) is 0 Å². The predicted octanol–water partition coefficient (Wildman–Crippen LogP) is 3.10. The average Bonchev–Trinajstić information content (AvgIpc) is 3.50. The van der Waals surface area contributed by atoms with E-state index >= 15 is 0 Å². The minimum absolute atomic E-state index is 0.280. The summed E-state index contributed by atoms with van der Waals surface area (Å²) in [4.78, 5) is 9.30. The van der Waals surface area contributed by atoms with E-state index in [-0.39, 0.29) is 6.04 Å². The molecule has 0 aromatic carbocycles. The smallest absolute Gasteiger partial charge is 0.157 e. The molecule has 0 spiro atoms. The fourth-order valence-corrected chi connectivity index (χ4v) is 3.90. The van der Waals surface area contributed by atoms with Crippen molar-refractivity contribution in [2.45, 2.75) is 44.3 Å². The van der Waals surface area contributed by atoms with Crippen molar-refractivity contribution in [3.05, 3.63) is 35.7 Å². The molecule has 0 radical (unpaired) electrons. The fraction of sp³-hybridized carbons (Fsp3) is 0.476. The van der Waals surface area contributed by atoms with Gasteiger partial charge >= 0.3 is 0 Å². The average molecular weight is 396 g/mol. The first kappa shape index (κ1) is 18.3. The van der Waals surface area contributed by atoms with Crippen LogP contribution in [0.4, 0.5) is 10.2 Å². The van der Waals surface area contributed by atoms with Gasteiger partial charge in [0.25, 0.3) is 0 Å². The second-order valence-electron chi connectivity index (χ2n) is 7.91. The number of anilines is 1. The fourth-order valence-electron chi connectivity index (χ4n) is 3.90. The van der Waals surface area contributed by atoms with Crippen LogP contribution in [-0.4, -0.2) is 52.0 Å². The molecule has 2 aliphatic rings. The Labute approximate surface area is 168 Å². The highest BCUT2D eigenvalue weighted by Crippen LogP contribution is 2.43. The zero-order chi connectivity index (χ0) is 20.0. The van der Waals surface area contributed by atoms with E-state index in [9.17, 15) is 4.39 Å². The molecule has 1 aliphatic carbocycles. The molecule has 29 heavy (non-hydrogen) atoms. The molecule has 3 aromatic heterocycles. The van der Waals surface area contributed by atoms with Gasteiger partial charge in [0.1, 0.15) is 29.1 Å². The molecular formula is C21H25FN6O. The van der Waals surface area contributed by atoms with Crippen molar-refractivity contribution in [1.82, 2.24) is 24.9 Å². The SMILES string of the molecule is COc1cc2ncc(-c3nc(N[C@@H]4CNCC[C@H]4F)ccc3C)n2nc1C1CC1. The molecule has 0 amide bonds. The quantitative estimate of drug-likeness (QED) is 0.690. The molecule has 0 bridgehead atoms. The van der Waals surface area contributed by atoms with Gasteiger partial charge in [-0.15, -0.1) is 0 Å². The van der Waals surface area contributed by atoms with Gasteiger partial charge < -0.3 is 15.4 Å². The Morgan fingerprint density at radius 2 is 2.14 bits per heavy atom. The van der Waals surface area contributed by atoms with E-state index < -0.39 is 6.17 Å². The number of rotatable bonds is 5. The van der Waals surface area contributed by atoms with Crippen molar-refractivity contribution in [3.8, 4) is 17.1 Å². The first-order chi connectivity index (χ1) is 14.1. The molecule has 7 nitrogen and oxygen atoms in total. The Kier molecular flexibility index (Phi) is 4.58. The van der Waals surface area contributed by atoms with Crippen molar-refractivity contribution in [1.29, 1.82) is 0 Å². The molecular weight excluding hydrogens is 371 g/mol. The van der Waals surface area contributed by atoms with E-state index in [0.717, 1.165) is 46.9 Å². The Morgan fingerprint density at radius 1 is 1.28 bits per heavy atom. The Balaban J connectivity index is 1.53. The Bertz CT molecular complexity index is 1050. The molecule has 8 heteroatoms. The number of pyridine rings is 1. The van der Waals surface area contributed by atoms with E-state index in [4.69, 9.17) is 14.8 Å². The largest absolute Gasteiger partial charge is 0.495 e. The first-order valence-electron chi connectivity index (χ1n) is 10.2. The third-order valence-corrected chi connectivity index (χ3v) is 5.74. The predicted molar refractivity (Wildman–Crippen MR) is 109 cm³/mol. The second-order valence-corrected chi connectivity index (χ2v) is 7.91. The summed E-state index contributed by atoms with van der Waals surface area (Å²) < 4.78 is 21.6. The zero-order valence-electron chi connectivity index (χ0n) is 16.7. The number of imidazole rings is 1. The van der Waals surface area contributed by atoms with Crippen LogP contribution in [0.15, 0.2) is 24.4 Å². The minimum Gasteiger partial charge on any atom is -0.495 e. The summed E-state index contributed by atoms with van der Waals surface area (Å²) in [5, 5.41) is 11.3. The number of nitrogens with one attached hydrogen (secondary N) is 2. The molecule has 4 heterocycles. The lowest BCUT2D eigenvalue weighted by Gasteiger charge is -2.28. The number of alkyl halides is 1. The number of nitrogens with zero attached hydrogens (tertiary/aromatic N) is 4. The van der Waals surface area contributed by atoms with E-state index in [0.29, 0.717) is 31.2 Å². The van der Waals surface area contributed by atoms with Gasteiger partial charge in [0.15, 0.2) is 5.65 Å². The van der Waals surface area contributed by atoms with Gasteiger partial charge in [-0.3, -0.25) is 0 Å². The van der Waals surface area contributed by atoms with Crippen molar-refractivity contribution in [3.63, 3.8) is 0 Å². The summed E-state index contributed by atoms with van der Waals surface area (Å²) in [6.07, 6.45) is 3.69. The van der Waals surface area contributed by atoms with Crippen LogP contribution in [0, 0.1) is 6.92 Å². The van der Waals surface area contributed by atoms with Crippen LogP contribution < -0.4 is 15.4 Å². The lowest BCUT2D eigenvalue weighted by Crippen LogP contribution is -2.46. The minimum atomic E-state index is -0.881. The number of aryl methyl sites for hydroxylation is 1. The van der Waals surface area contributed by atoms with Crippen LogP contribution in [-0.2, 0) is 0 Å². The van der Waals surface area contributed by atoms with Crippen molar-refractivity contribution < 1.29 is 9.13 Å². The monoisotopic (exact) mass is 396 g/mol. The topological polar surface area (TPSA) is 76.4 Å². The maximum absolute atomic E-state index is 14.2. The highest BCUT2D eigenvalue weighted by Gasteiger charge is 2.30. The van der Waals surface area contributed by atoms with Crippen LogP contribution >= 0.6 is 0 Å². The molecule has 0 unspecified atom stereocenters. The second kappa shape index (κ2) is 7.26. The first-order valence-corrected chi connectivity index (χ1v) is 10.2. The lowest BCUT2D eigenvalue weighted by molar-refractivity contribution is 0.241.